The average Bonchev–Trinajstić information content (AvgIpc) is 3.24. The molecule has 1 aromatic heterocycles. The molecule has 0 saturated heterocycles. The van der Waals surface area contributed by atoms with Crippen molar-refractivity contribution >= 4 is 23.2 Å². The first-order chi connectivity index (χ1) is 14.5. The Balaban J connectivity index is 1.23. The van der Waals surface area contributed by atoms with E-state index < -0.39 is 0 Å². The number of carbonyl (C=O) groups excluding carboxylic acids is 2. The lowest BCUT2D eigenvalue weighted by atomic mass is 9.49. The highest BCUT2D eigenvalue weighted by atomic mass is 32.1. The molecule has 4 nitrogen and oxygen atoms in total. The summed E-state index contributed by atoms with van der Waals surface area (Å²) in [5.74, 6) is 1.60. The first-order valence-electron chi connectivity index (χ1n) is 10.9. The second-order valence-electron chi connectivity index (χ2n) is 9.45. The number of hydrogen-bond donors (Lipinski definition) is 2. The van der Waals surface area contributed by atoms with Gasteiger partial charge >= 0.3 is 0 Å². The van der Waals surface area contributed by atoms with Gasteiger partial charge in [-0.3, -0.25) is 9.59 Å². The Kier molecular flexibility index (Phi) is 5.13. The van der Waals surface area contributed by atoms with Crippen molar-refractivity contribution in [2.75, 3.05) is 6.54 Å². The topological polar surface area (TPSA) is 58.2 Å². The monoisotopic (exact) mass is 426 g/mol. The molecular weight excluding hydrogens is 399 g/mol. The first kappa shape index (κ1) is 19.7. The maximum absolute atomic E-state index is 13.3. The van der Waals surface area contributed by atoms with Crippen molar-refractivity contribution in [2.45, 2.75) is 44.6 Å². The molecule has 4 aliphatic carbocycles. The van der Waals surface area contributed by atoms with Crippen molar-refractivity contribution in [1.29, 1.82) is 0 Å². The second-order valence-corrected chi connectivity index (χ2v) is 10.4. The molecule has 1 atom stereocenters. The first-order valence-corrected chi connectivity index (χ1v) is 11.8. The molecule has 4 bridgehead atoms. The van der Waals surface area contributed by atoms with Gasteiger partial charge in [0.15, 0.2) is 0 Å². The van der Waals surface area contributed by atoms with E-state index in [-0.39, 0.29) is 35.6 Å². The van der Waals surface area contributed by atoms with Crippen molar-refractivity contribution in [2.24, 2.45) is 23.2 Å². The predicted molar refractivity (Wildman–Crippen MR) is 114 cm³/mol. The Morgan fingerprint density at radius 2 is 1.67 bits per heavy atom. The van der Waals surface area contributed by atoms with Crippen LogP contribution in [-0.2, 0) is 9.59 Å². The summed E-state index contributed by atoms with van der Waals surface area (Å²) in [5.41, 5.74) is 0.568. The lowest BCUT2D eigenvalue weighted by Gasteiger charge is -2.55. The van der Waals surface area contributed by atoms with Gasteiger partial charge in [-0.05, 0) is 85.4 Å². The molecule has 1 heterocycles. The van der Waals surface area contributed by atoms with E-state index in [2.05, 4.69) is 10.6 Å². The van der Waals surface area contributed by atoms with Crippen LogP contribution in [0.3, 0.4) is 0 Å². The normalized spacial score (nSPS) is 30.1. The highest BCUT2D eigenvalue weighted by Crippen LogP contribution is 2.60. The molecule has 2 aromatic rings. The van der Waals surface area contributed by atoms with Gasteiger partial charge < -0.3 is 10.6 Å². The second kappa shape index (κ2) is 7.80. The Labute approximate surface area is 180 Å². The Morgan fingerprint density at radius 1 is 1.03 bits per heavy atom. The quantitative estimate of drug-likeness (QED) is 0.718. The van der Waals surface area contributed by atoms with Gasteiger partial charge in [0.05, 0.1) is 12.6 Å². The Hall–Kier alpha value is -2.21. The number of thiophene rings is 1. The number of hydrogen-bond acceptors (Lipinski definition) is 3. The van der Waals surface area contributed by atoms with Gasteiger partial charge in [-0.25, -0.2) is 4.39 Å². The van der Waals surface area contributed by atoms with Crippen LogP contribution in [0.4, 0.5) is 4.39 Å². The number of nitrogens with one attached hydrogen (secondary N) is 2. The Morgan fingerprint density at radius 3 is 2.23 bits per heavy atom. The van der Waals surface area contributed by atoms with Gasteiger partial charge in [-0.2, -0.15) is 0 Å². The van der Waals surface area contributed by atoms with Gasteiger partial charge in [0, 0.05) is 10.3 Å². The van der Waals surface area contributed by atoms with Crippen LogP contribution in [0.2, 0.25) is 0 Å². The van der Waals surface area contributed by atoms with E-state index >= 15 is 0 Å². The minimum atomic E-state index is -0.352. The zero-order valence-corrected chi connectivity index (χ0v) is 17.7. The fourth-order valence-electron chi connectivity index (χ4n) is 6.38. The van der Waals surface area contributed by atoms with E-state index in [1.165, 1.54) is 42.7 Å². The summed E-state index contributed by atoms with van der Waals surface area (Å²) in [4.78, 5) is 26.8. The molecule has 4 saturated carbocycles. The van der Waals surface area contributed by atoms with E-state index in [9.17, 15) is 14.0 Å². The number of rotatable bonds is 6. The molecule has 0 spiro atoms. The van der Waals surface area contributed by atoms with Crippen LogP contribution in [0, 0.1) is 29.0 Å². The lowest BCUT2D eigenvalue weighted by Crippen LogP contribution is -2.54. The largest absolute Gasteiger partial charge is 0.347 e. The van der Waals surface area contributed by atoms with Gasteiger partial charge in [0.1, 0.15) is 5.82 Å². The maximum atomic E-state index is 13.3. The third-order valence-electron chi connectivity index (χ3n) is 7.27. The molecule has 30 heavy (non-hydrogen) atoms. The molecular formula is C24H27FN2O2S. The van der Waals surface area contributed by atoms with Gasteiger partial charge in [-0.15, -0.1) is 11.3 Å². The maximum Gasteiger partial charge on any atom is 0.240 e. The van der Waals surface area contributed by atoms with Crippen molar-refractivity contribution in [1.82, 2.24) is 10.6 Å². The molecule has 1 unspecified atom stereocenters. The van der Waals surface area contributed by atoms with Gasteiger partial charge in [0.2, 0.25) is 11.8 Å². The minimum Gasteiger partial charge on any atom is -0.347 e. The fourth-order valence-corrected chi connectivity index (χ4v) is 7.18. The number of halogens is 1. The third-order valence-corrected chi connectivity index (χ3v) is 8.20. The van der Waals surface area contributed by atoms with Crippen LogP contribution in [0.15, 0.2) is 41.8 Å². The summed E-state index contributed by atoms with van der Waals surface area (Å²) in [5, 5.41) is 7.91. The van der Waals surface area contributed by atoms with Crippen LogP contribution < -0.4 is 10.6 Å². The highest BCUT2D eigenvalue weighted by Gasteiger charge is 2.54. The zero-order chi connectivity index (χ0) is 20.7. The van der Waals surface area contributed by atoms with Gasteiger partial charge in [0.25, 0.3) is 0 Å². The van der Waals surface area contributed by atoms with Crippen LogP contribution in [-0.4, -0.2) is 18.4 Å². The molecule has 0 radical (unpaired) electrons. The standard InChI is InChI=1S/C24H27FN2O2S/c25-19-5-3-18(4-6-19)22(20-2-1-7-30-20)27-21(28)14-26-23(29)24-11-15-8-16(12-24)10-17(9-15)13-24/h1-7,15-17,22H,8-14H2,(H,26,29)(H,27,28). The lowest BCUT2D eigenvalue weighted by molar-refractivity contribution is -0.147. The summed E-state index contributed by atoms with van der Waals surface area (Å²) < 4.78 is 13.3. The van der Waals surface area contributed by atoms with Crippen molar-refractivity contribution in [3.8, 4) is 0 Å². The fraction of sp³-hybridized carbons (Fsp3) is 0.500. The number of carbonyl (C=O) groups is 2. The number of benzene rings is 1. The molecule has 1 aromatic carbocycles. The summed E-state index contributed by atoms with van der Waals surface area (Å²) in [6.45, 7) is -0.0242. The molecule has 4 fully saturated rings. The SMILES string of the molecule is O=C(CNC(=O)C12CC3CC(CC(C3)C1)C2)NC(c1ccc(F)cc1)c1cccs1. The van der Waals surface area contributed by atoms with Crippen LogP contribution >= 0.6 is 11.3 Å². The molecule has 6 rings (SSSR count). The molecule has 0 aliphatic heterocycles. The summed E-state index contributed by atoms with van der Waals surface area (Å²) in [6, 6.07) is 9.70. The van der Waals surface area contributed by atoms with Crippen LogP contribution in [0.25, 0.3) is 0 Å². The molecule has 2 N–H and O–H groups in total. The summed E-state index contributed by atoms with van der Waals surface area (Å²) in [6.07, 6.45) is 6.81. The molecule has 158 valence electrons. The smallest absolute Gasteiger partial charge is 0.240 e. The van der Waals surface area contributed by atoms with Crippen molar-refractivity contribution in [3.63, 3.8) is 0 Å². The third kappa shape index (κ3) is 3.78. The molecule has 6 heteroatoms. The van der Waals surface area contributed by atoms with Crippen LogP contribution in [0.5, 0.6) is 0 Å². The van der Waals surface area contributed by atoms with E-state index in [1.54, 1.807) is 12.1 Å². The minimum absolute atomic E-state index is 0.0242. The van der Waals surface area contributed by atoms with Crippen molar-refractivity contribution in [3.05, 3.63) is 58.0 Å². The number of amides is 2. The summed E-state index contributed by atoms with van der Waals surface area (Å²) in [7, 11) is 0. The highest BCUT2D eigenvalue weighted by molar-refractivity contribution is 7.10. The van der Waals surface area contributed by atoms with Crippen molar-refractivity contribution < 1.29 is 14.0 Å². The van der Waals surface area contributed by atoms with E-state index in [0.29, 0.717) is 17.8 Å². The van der Waals surface area contributed by atoms with E-state index in [1.807, 2.05) is 17.5 Å². The summed E-state index contributed by atoms with van der Waals surface area (Å²) >= 11 is 1.54. The average molecular weight is 427 g/mol. The molecule has 2 amide bonds. The van der Waals surface area contributed by atoms with E-state index in [0.717, 1.165) is 29.7 Å². The molecule has 4 aliphatic rings. The van der Waals surface area contributed by atoms with Gasteiger partial charge in [-0.1, -0.05) is 18.2 Å². The van der Waals surface area contributed by atoms with E-state index in [4.69, 9.17) is 0 Å². The zero-order valence-electron chi connectivity index (χ0n) is 16.9. The predicted octanol–water partition coefficient (Wildman–Crippen LogP) is 4.43. The van der Waals surface area contributed by atoms with Crippen LogP contribution in [0.1, 0.15) is 55.0 Å². The Bertz CT molecular complexity index is 890.